The van der Waals surface area contributed by atoms with E-state index in [9.17, 15) is 4.79 Å². The summed E-state index contributed by atoms with van der Waals surface area (Å²) in [5.74, 6) is 0.896. The van der Waals surface area contributed by atoms with Gasteiger partial charge in [0.2, 0.25) is 5.78 Å². The molecule has 0 fully saturated rings. The van der Waals surface area contributed by atoms with E-state index in [0.717, 1.165) is 0 Å². The topological polar surface area (TPSA) is 56.2 Å². The highest BCUT2D eigenvalue weighted by Gasteiger charge is 2.27. The summed E-state index contributed by atoms with van der Waals surface area (Å²) < 4.78 is 5.23. The molecule has 1 aromatic heterocycles. The highest BCUT2D eigenvalue weighted by molar-refractivity contribution is 6.01. The van der Waals surface area contributed by atoms with Crippen LogP contribution in [0.5, 0.6) is 0 Å². The second kappa shape index (κ2) is 2.91. The van der Waals surface area contributed by atoms with E-state index >= 15 is 0 Å². The number of Topliss-reactive ketones (excluding diaryl/α,β-unsaturated/α-hetero) is 1. The molecule has 0 spiro atoms. The monoisotopic (exact) mass is 181 g/mol. The molecular weight excluding hydrogens is 166 g/mol. The largest absolute Gasteiger partial charge is 0.456 e. The van der Waals surface area contributed by atoms with Crippen molar-refractivity contribution in [3.63, 3.8) is 0 Å². The van der Waals surface area contributed by atoms with E-state index in [1.165, 1.54) is 0 Å². The van der Waals surface area contributed by atoms with Gasteiger partial charge < -0.3 is 10.2 Å². The highest BCUT2D eigenvalue weighted by atomic mass is 16.3. The van der Waals surface area contributed by atoms with Gasteiger partial charge in [-0.3, -0.25) is 4.79 Å². The third-order valence-electron chi connectivity index (χ3n) is 1.77. The molecule has 0 atom stereocenters. The zero-order valence-electron chi connectivity index (χ0n) is 8.47. The second-order valence-electron chi connectivity index (χ2n) is 4.22. The van der Waals surface area contributed by atoms with Gasteiger partial charge in [-0.2, -0.15) is 0 Å². The number of ketones is 1. The highest BCUT2D eigenvalue weighted by Crippen LogP contribution is 2.26. The van der Waals surface area contributed by atoms with Crippen molar-refractivity contribution >= 4 is 11.5 Å². The van der Waals surface area contributed by atoms with Crippen molar-refractivity contribution in [2.75, 3.05) is 5.73 Å². The van der Waals surface area contributed by atoms with E-state index in [4.69, 9.17) is 10.2 Å². The van der Waals surface area contributed by atoms with Crippen LogP contribution in [0.3, 0.4) is 0 Å². The number of rotatable bonds is 1. The maximum absolute atomic E-state index is 11.7. The number of carbonyl (C=O) groups excluding carboxylic acids is 1. The van der Waals surface area contributed by atoms with Crippen LogP contribution in [0.4, 0.5) is 5.69 Å². The molecule has 0 radical (unpaired) electrons. The quantitative estimate of drug-likeness (QED) is 0.677. The summed E-state index contributed by atoms with van der Waals surface area (Å²) in [6.07, 6.45) is 0. The second-order valence-corrected chi connectivity index (χ2v) is 4.22. The van der Waals surface area contributed by atoms with Crippen LogP contribution in [0.1, 0.15) is 37.1 Å². The summed E-state index contributed by atoms with van der Waals surface area (Å²) in [5.41, 5.74) is 5.61. The first kappa shape index (κ1) is 9.84. The number of nitrogen functional groups attached to an aromatic ring is 1. The number of anilines is 1. The van der Waals surface area contributed by atoms with Crippen molar-refractivity contribution in [3.05, 3.63) is 17.6 Å². The predicted octanol–water partition coefficient (Wildman–Crippen LogP) is 2.40. The molecular formula is C10H15NO2. The Morgan fingerprint density at radius 2 is 2.00 bits per heavy atom. The normalized spacial score (nSPS) is 11.7. The van der Waals surface area contributed by atoms with Gasteiger partial charge in [0, 0.05) is 11.5 Å². The molecule has 0 saturated heterocycles. The van der Waals surface area contributed by atoms with Crippen LogP contribution in [-0.4, -0.2) is 5.78 Å². The fourth-order valence-electron chi connectivity index (χ4n) is 1.05. The van der Waals surface area contributed by atoms with Crippen LogP contribution in [-0.2, 0) is 0 Å². The van der Waals surface area contributed by atoms with Crippen molar-refractivity contribution < 1.29 is 9.21 Å². The van der Waals surface area contributed by atoms with Gasteiger partial charge in [-0.05, 0) is 6.92 Å². The Bertz CT molecular complexity index is 331. The Kier molecular flexibility index (Phi) is 2.20. The maximum atomic E-state index is 11.7. The number of nitrogens with two attached hydrogens (primary N) is 1. The van der Waals surface area contributed by atoms with Gasteiger partial charge in [0.1, 0.15) is 5.76 Å². The van der Waals surface area contributed by atoms with Crippen LogP contribution in [0.25, 0.3) is 0 Å². The average molecular weight is 181 g/mol. The van der Waals surface area contributed by atoms with Gasteiger partial charge >= 0.3 is 0 Å². The number of hydrogen-bond acceptors (Lipinski definition) is 3. The third-order valence-corrected chi connectivity index (χ3v) is 1.77. The lowest BCUT2D eigenvalue weighted by Gasteiger charge is -2.14. The molecule has 3 nitrogen and oxygen atoms in total. The molecule has 72 valence electrons. The van der Waals surface area contributed by atoms with E-state index in [1.54, 1.807) is 13.0 Å². The van der Waals surface area contributed by atoms with Crippen molar-refractivity contribution in [1.82, 2.24) is 0 Å². The van der Waals surface area contributed by atoms with Gasteiger partial charge in [0.15, 0.2) is 5.76 Å². The standard InChI is InChI=1S/C10H15NO2/c1-6-5-7(11)8(13-6)9(12)10(2,3)4/h5H,11H2,1-4H3. The molecule has 3 heteroatoms. The Morgan fingerprint density at radius 1 is 1.46 bits per heavy atom. The summed E-state index contributed by atoms with van der Waals surface area (Å²) in [5, 5.41) is 0. The molecule has 0 aliphatic heterocycles. The van der Waals surface area contributed by atoms with Crippen LogP contribution in [0.2, 0.25) is 0 Å². The average Bonchev–Trinajstić information content (AvgIpc) is 2.26. The lowest BCUT2D eigenvalue weighted by molar-refractivity contribution is 0.0828. The Morgan fingerprint density at radius 3 is 2.31 bits per heavy atom. The number of aryl methyl sites for hydroxylation is 1. The lowest BCUT2D eigenvalue weighted by atomic mass is 9.89. The molecule has 0 aromatic carbocycles. The smallest absolute Gasteiger partial charge is 0.205 e. The van der Waals surface area contributed by atoms with Gasteiger partial charge in [-0.1, -0.05) is 20.8 Å². The lowest BCUT2D eigenvalue weighted by Crippen LogP contribution is -2.20. The van der Waals surface area contributed by atoms with Gasteiger partial charge in [0.25, 0.3) is 0 Å². The zero-order valence-corrected chi connectivity index (χ0v) is 8.47. The van der Waals surface area contributed by atoms with Crippen molar-refractivity contribution in [2.24, 2.45) is 5.41 Å². The van der Waals surface area contributed by atoms with Crippen molar-refractivity contribution in [1.29, 1.82) is 0 Å². The molecule has 0 unspecified atom stereocenters. The van der Waals surface area contributed by atoms with E-state index < -0.39 is 5.41 Å². The summed E-state index contributed by atoms with van der Waals surface area (Å²) in [7, 11) is 0. The number of furan rings is 1. The Balaban J connectivity index is 3.09. The Labute approximate surface area is 77.9 Å². The van der Waals surface area contributed by atoms with Gasteiger partial charge in [-0.15, -0.1) is 0 Å². The minimum absolute atomic E-state index is 0.0573. The molecule has 0 aliphatic carbocycles. The molecule has 0 aliphatic rings. The first-order valence-electron chi connectivity index (χ1n) is 4.23. The Hall–Kier alpha value is -1.25. The zero-order chi connectivity index (χ0) is 10.2. The SMILES string of the molecule is Cc1cc(N)c(C(=O)C(C)(C)C)o1. The fraction of sp³-hybridized carbons (Fsp3) is 0.500. The third kappa shape index (κ3) is 1.91. The van der Waals surface area contributed by atoms with E-state index in [0.29, 0.717) is 11.4 Å². The van der Waals surface area contributed by atoms with Crippen LogP contribution in [0.15, 0.2) is 10.5 Å². The van der Waals surface area contributed by atoms with E-state index in [2.05, 4.69) is 0 Å². The molecule has 0 amide bonds. The summed E-state index contributed by atoms with van der Waals surface area (Å²) in [6.45, 7) is 7.29. The molecule has 0 bridgehead atoms. The van der Waals surface area contributed by atoms with Gasteiger partial charge in [0.05, 0.1) is 5.69 Å². The minimum Gasteiger partial charge on any atom is -0.456 e. The minimum atomic E-state index is -0.446. The maximum Gasteiger partial charge on any atom is 0.205 e. The fourth-order valence-corrected chi connectivity index (χ4v) is 1.05. The molecule has 2 N–H and O–H groups in total. The van der Waals surface area contributed by atoms with Gasteiger partial charge in [-0.25, -0.2) is 0 Å². The molecule has 13 heavy (non-hydrogen) atoms. The van der Waals surface area contributed by atoms with Crippen molar-refractivity contribution in [3.8, 4) is 0 Å². The van der Waals surface area contributed by atoms with Crippen LogP contribution in [0, 0.1) is 12.3 Å². The summed E-state index contributed by atoms with van der Waals surface area (Å²) in [6, 6.07) is 1.67. The van der Waals surface area contributed by atoms with Crippen LogP contribution >= 0.6 is 0 Å². The summed E-state index contributed by atoms with van der Waals surface area (Å²) >= 11 is 0. The number of hydrogen-bond donors (Lipinski definition) is 1. The number of carbonyl (C=O) groups is 1. The molecule has 0 saturated carbocycles. The van der Waals surface area contributed by atoms with E-state index in [-0.39, 0.29) is 11.5 Å². The summed E-state index contributed by atoms with van der Waals surface area (Å²) in [4.78, 5) is 11.7. The van der Waals surface area contributed by atoms with Crippen molar-refractivity contribution in [2.45, 2.75) is 27.7 Å². The molecule has 1 heterocycles. The predicted molar refractivity (Wildman–Crippen MR) is 51.6 cm³/mol. The first-order chi connectivity index (χ1) is 5.82. The van der Waals surface area contributed by atoms with Crippen LogP contribution < -0.4 is 5.73 Å². The van der Waals surface area contributed by atoms with E-state index in [1.807, 2.05) is 20.8 Å². The first-order valence-corrected chi connectivity index (χ1v) is 4.23. The molecule has 1 aromatic rings. The molecule has 1 rings (SSSR count).